The van der Waals surface area contributed by atoms with Gasteiger partial charge in [-0.2, -0.15) is 0 Å². The normalized spacial score (nSPS) is 13.1. The van der Waals surface area contributed by atoms with Crippen molar-refractivity contribution in [3.05, 3.63) is 47.8 Å². The molecular weight excluding hydrogens is 360 g/mol. The van der Waals surface area contributed by atoms with Crippen LogP contribution in [0, 0.1) is 0 Å². The average Bonchev–Trinajstić information content (AvgIpc) is 3.32. The summed E-state index contributed by atoms with van der Waals surface area (Å²) >= 11 is 0. The Hall–Kier alpha value is -2.41. The molecule has 6 nitrogen and oxygen atoms in total. The molecule has 0 atom stereocenters. The molecule has 1 aliphatic carbocycles. The SMILES string of the molecule is CCCC.CNc1nn2c3c(cnc2c1S(=O)(=O)c1ccccc1)CCC3. The van der Waals surface area contributed by atoms with E-state index >= 15 is 0 Å². The van der Waals surface area contributed by atoms with Gasteiger partial charge in [0.2, 0.25) is 9.84 Å². The highest BCUT2D eigenvalue weighted by Crippen LogP contribution is 2.32. The molecule has 27 heavy (non-hydrogen) atoms. The largest absolute Gasteiger partial charge is 0.370 e. The molecule has 0 unspecified atom stereocenters. The standard InChI is InChI=1S/C16H16N4O2S.C4H10/c1-17-15-14(23(21,22)12-7-3-2-4-8-12)16-18-10-11-6-5-9-13(11)20(16)19-15;1-3-4-2/h2-4,7-8,10H,5-6,9H2,1H3,(H,17,19);3-4H2,1-2H3. The van der Waals surface area contributed by atoms with Crippen molar-refractivity contribution < 1.29 is 8.42 Å². The third-order valence-corrected chi connectivity index (χ3v) is 6.51. The van der Waals surface area contributed by atoms with Gasteiger partial charge in [0.05, 0.1) is 4.90 Å². The molecule has 4 rings (SSSR count). The molecule has 144 valence electrons. The lowest BCUT2D eigenvalue weighted by Crippen LogP contribution is -2.05. The summed E-state index contributed by atoms with van der Waals surface area (Å²) < 4.78 is 27.8. The molecule has 1 aromatic carbocycles. The summed E-state index contributed by atoms with van der Waals surface area (Å²) in [6, 6.07) is 8.39. The number of aromatic nitrogens is 3. The molecular formula is C20H26N4O2S. The summed E-state index contributed by atoms with van der Waals surface area (Å²) in [4.78, 5) is 4.78. The minimum atomic E-state index is -3.69. The molecule has 1 N–H and O–H groups in total. The number of unbranched alkanes of at least 4 members (excludes halogenated alkanes) is 1. The highest BCUT2D eigenvalue weighted by Gasteiger charge is 2.30. The molecule has 0 fully saturated rings. The third-order valence-electron chi connectivity index (χ3n) is 4.71. The van der Waals surface area contributed by atoms with E-state index in [2.05, 4.69) is 29.2 Å². The quantitative estimate of drug-likeness (QED) is 0.736. The van der Waals surface area contributed by atoms with Crippen LogP contribution < -0.4 is 5.32 Å². The van der Waals surface area contributed by atoms with Crippen LogP contribution in [0.5, 0.6) is 0 Å². The second kappa shape index (κ2) is 8.08. The number of hydrogen-bond acceptors (Lipinski definition) is 5. The van der Waals surface area contributed by atoms with Crippen molar-refractivity contribution in [2.75, 3.05) is 12.4 Å². The first kappa shape index (κ1) is 19.4. The minimum Gasteiger partial charge on any atom is -0.370 e. The molecule has 0 radical (unpaired) electrons. The van der Waals surface area contributed by atoms with E-state index in [1.807, 2.05) is 0 Å². The Kier molecular flexibility index (Phi) is 5.79. The molecule has 0 saturated carbocycles. The van der Waals surface area contributed by atoms with Gasteiger partial charge in [-0.3, -0.25) is 0 Å². The lowest BCUT2D eigenvalue weighted by Gasteiger charge is -2.05. The van der Waals surface area contributed by atoms with Crippen molar-refractivity contribution in [3.8, 4) is 0 Å². The first-order chi connectivity index (χ1) is 13.0. The van der Waals surface area contributed by atoms with Gasteiger partial charge >= 0.3 is 0 Å². The highest BCUT2D eigenvalue weighted by atomic mass is 32.2. The summed E-state index contributed by atoms with van der Waals surface area (Å²) in [7, 11) is -2.02. The fraction of sp³-hybridized carbons (Fsp3) is 0.400. The molecule has 2 heterocycles. The van der Waals surface area contributed by atoms with Gasteiger partial charge in [0, 0.05) is 18.9 Å². The molecule has 0 spiro atoms. The molecule has 0 bridgehead atoms. The maximum absolute atomic E-state index is 13.1. The lowest BCUT2D eigenvalue weighted by molar-refractivity contribution is 0.597. The van der Waals surface area contributed by atoms with E-state index in [1.54, 1.807) is 48.1 Å². The Morgan fingerprint density at radius 2 is 1.81 bits per heavy atom. The van der Waals surface area contributed by atoms with Crippen LogP contribution in [0.3, 0.4) is 0 Å². The van der Waals surface area contributed by atoms with Gasteiger partial charge in [-0.15, -0.1) is 5.10 Å². The molecule has 2 aromatic heterocycles. The van der Waals surface area contributed by atoms with Crippen molar-refractivity contribution in [1.82, 2.24) is 14.6 Å². The van der Waals surface area contributed by atoms with Crippen molar-refractivity contribution in [2.24, 2.45) is 0 Å². The predicted octanol–water partition coefficient (Wildman–Crippen LogP) is 3.90. The molecule has 0 aliphatic heterocycles. The number of aryl methyl sites for hydroxylation is 2. The smallest absolute Gasteiger partial charge is 0.214 e. The Morgan fingerprint density at radius 1 is 1.11 bits per heavy atom. The van der Waals surface area contributed by atoms with E-state index in [-0.39, 0.29) is 9.79 Å². The number of fused-ring (bicyclic) bond motifs is 3. The Labute approximate surface area is 160 Å². The zero-order chi connectivity index (χ0) is 19.4. The minimum absolute atomic E-state index is 0.140. The number of anilines is 1. The van der Waals surface area contributed by atoms with Gasteiger partial charge in [-0.05, 0) is 37.0 Å². The van der Waals surface area contributed by atoms with Crippen LogP contribution in [0.2, 0.25) is 0 Å². The molecule has 0 saturated heterocycles. The van der Waals surface area contributed by atoms with E-state index in [0.717, 1.165) is 30.5 Å². The summed E-state index contributed by atoms with van der Waals surface area (Å²) in [5.41, 5.74) is 2.59. The number of nitrogens with one attached hydrogen (secondary N) is 1. The van der Waals surface area contributed by atoms with E-state index in [4.69, 9.17) is 0 Å². The van der Waals surface area contributed by atoms with Crippen molar-refractivity contribution in [3.63, 3.8) is 0 Å². The number of rotatable bonds is 4. The van der Waals surface area contributed by atoms with Crippen molar-refractivity contribution >= 4 is 21.3 Å². The number of sulfone groups is 1. The second-order valence-electron chi connectivity index (χ2n) is 6.56. The average molecular weight is 387 g/mol. The van der Waals surface area contributed by atoms with E-state index in [1.165, 1.54) is 12.8 Å². The first-order valence-electron chi connectivity index (χ1n) is 9.41. The maximum atomic E-state index is 13.1. The van der Waals surface area contributed by atoms with Gasteiger partial charge in [0.25, 0.3) is 0 Å². The van der Waals surface area contributed by atoms with Gasteiger partial charge in [0.15, 0.2) is 16.4 Å². The van der Waals surface area contributed by atoms with Crippen LogP contribution in [0.25, 0.3) is 5.65 Å². The maximum Gasteiger partial charge on any atom is 0.214 e. The molecule has 0 amide bonds. The number of hydrogen-bond donors (Lipinski definition) is 1. The Balaban J connectivity index is 0.000000481. The second-order valence-corrected chi connectivity index (χ2v) is 8.45. The predicted molar refractivity (Wildman–Crippen MR) is 107 cm³/mol. The molecule has 3 aromatic rings. The molecule has 1 aliphatic rings. The first-order valence-corrected chi connectivity index (χ1v) is 10.9. The van der Waals surface area contributed by atoms with Crippen molar-refractivity contribution in [2.45, 2.75) is 55.7 Å². The third kappa shape index (κ3) is 3.56. The van der Waals surface area contributed by atoms with Crippen LogP contribution in [0.15, 0.2) is 46.3 Å². The Bertz CT molecular complexity index is 1030. The van der Waals surface area contributed by atoms with Gasteiger partial charge in [-0.1, -0.05) is 44.9 Å². The monoisotopic (exact) mass is 386 g/mol. The number of nitrogens with zero attached hydrogens (tertiary/aromatic N) is 3. The zero-order valence-electron chi connectivity index (χ0n) is 16.1. The number of benzene rings is 1. The van der Waals surface area contributed by atoms with Crippen molar-refractivity contribution in [1.29, 1.82) is 0 Å². The fourth-order valence-corrected chi connectivity index (χ4v) is 4.62. The van der Waals surface area contributed by atoms with Crippen LogP contribution >= 0.6 is 0 Å². The van der Waals surface area contributed by atoms with E-state index in [0.29, 0.717) is 11.5 Å². The van der Waals surface area contributed by atoms with E-state index in [9.17, 15) is 8.42 Å². The zero-order valence-corrected chi connectivity index (χ0v) is 16.9. The fourth-order valence-electron chi connectivity index (χ4n) is 3.10. The lowest BCUT2D eigenvalue weighted by atomic mass is 10.3. The summed E-state index contributed by atoms with van der Waals surface area (Å²) in [5.74, 6) is 0.335. The van der Waals surface area contributed by atoms with Gasteiger partial charge in [0.1, 0.15) is 0 Å². The topological polar surface area (TPSA) is 76.4 Å². The van der Waals surface area contributed by atoms with Gasteiger partial charge in [-0.25, -0.2) is 17.9 Å². The summed E-state index contributed by atoms with van der Waals surface area (Å²) in [5, 5.41) is 7.36. The Morgan fingerprint density at radius 3 is 2.44 bits per heavy atom. The van der Waals surface area contributed by atoms with Crippen LogP contribution in [-0.4, -0.2) is 30.1 Å². The summed E-state index contributed by atoms with van der Waals surface area (Å²) in [6.45, 7) is 4.36. The van der Waals surface area contributed by atoms with Crippen LogP contribution in [-0.2, 0) is 22.7 Å². The summed E-state index contributed by atoms with van der Waals surface area (Å²) in [6.07, 6.45) is 7.33. The molecule has 7 heteroatoms. The van der Waals surface area contributed by atoms with Gasteiger partial charge < -0.3 is 5.32 Å². The van der Waals surface area contributed by atoms with Crippen LogP contribution in [0.4, 0.5) is 5.82 Å². The van der Waals surface area contributed by atoms with Crippen LogP contribution in [0.1, 0.15) is 44.4 Å². The van der Waals surface area contributed by atoms with E-state index < -0.39 is 9.84 Å². The highest BCUT2D eigenvalue weighted by molar-refractivity contribution is 7.91.